The highest BCUT2D eigenvalue weighted by Crippen LogP contribution is 2.25. The molecule has 1 atom stereocenters. The first-order valence-corrected chi connectivity index (χ1v) is 6.88. The third-order valence-electron chi connectivity index (χ3n) is 2.89. The third kappa shape index (κ3) is 4.00. The smallest absolute Gasteiger partial charge is 0.127 e. The Labute approximate surface area is 119 Å². The van der Waals surface area contributed by atoms with Gasteiger partial charge in [-0.3, -0.25) is 0 Å². The summed E-state index contributed by atoms with van der Waals surface area (Å²) in [7, 11) is 0. The molecular formula is C17H20O3. The molecule has 0 bridgehead atoms. The Morgan fingerprint density at radius 3 is 1.90 bits per heavy atom. The van der Waals surface area contributed by atoms with Gasteiger partial charge in [-0.15, -0.1) is 0 Å². The summed E-state index contributed by atoms with van der Waals surface area (Å²) in [5.74, 6) is 2.36. The fraction of sp³-hybridized carbons (Fsp3) is 0.294. The Morgan fingerprint density at radius 2 is 1.40 bits per heavy atom. The van der Waals surface area contributed by atoms with Crippen molar-refractivity contribution in [3.05, 3.63) is 54.1 Å². The lowest BCUT2D eigenvalue weighted by Crippen LogP contribution is -1.94. The van der Waals surface area contributed by atoms with E-state index in [0.29, 0.717) is 0 Å². The summed E-state index contributed by atoms with van der Waals surface area (Å²) < 4.78 is 11.3. The van der Waals surface area contributed by atoms with Crippen LogP contribution >= 0.6 is 0 Å². The average Bonchev–Trinajstić information content (AvgIpc) is 2.47. The SMILES string of the molecule is CCCOc1ccc(Oc2ccc([C@@H](C)O)cc2)cc1. The Bertz CT molecular complexity index is 515. The van der Waals surface area contributed by atoms with Crippen molar-refractivity contribution in [2.24, 2.45) is 0 Å². The van der Waals surface area contributed by atoms with Gasteiger partial charge in [0, 0.05) is 0 Å². The van der Waals surface area contributed by atoms with E-state index in [1.807, 2.05) is 48.5 Å². The molecule has 0 unspecified atom stereocenters. The zero-order valence-electron chi connectivity index (χ0n) is 11.9. The van der Waals surface area contributed by atoms with Gasteiger partial charge in [0.2, 0.25) is 0 Å². The lowest BCUT2D eigenvalue weighted by atomic mass is 10.1. The first-order valence-electron chi connectivity index (χ1n) is 6.88. The van der Waals surface area contributed by atoms with Gasteiger partial charge in [-0.25, -0.2) is 0 Å². The quantitative estimate of drug-likeness (QED) is 0.851. The molecular weight excluding hydrogens is 252 g/mol. The van der Waals surface area contributed by atoms with E-state index in [1.165, 1.54) is 0 Å². The van der Waals surface area contributed by atoms with E-state index in [9.17, 15) is 5.11 Å². The maximum Gasteiger partial charge on any atom is 0.127 e. The summed E-state index contributed by atoms with van der Waals surface area (Å²) in [4.78, 5) is 0. The van der Waals surface area contributed by atoms with Gasteiger partial charge in [-0.1, -0.05) is 19.1 Å². The molecule has 1 N–H and O–H groups in total. The van der Waals surface area contributed by atoms with Crippen molar-refractivity contribution in [1.82, 2.24) is 0 Å². The summed E-state index contributed by atoms with van der Waals surface area (Å²) >= 11 is 0. The predicted molar refractivity (Wildman–Crippen MR) is 79.4 cm³/mol. The molecule has 0 aliphatic carbocycles. The van der Waals surface area contributed by atoms with Gasteiger partial charge in [-0.2, -0.15) is 0 Å². The molecule has 106 valence electrons. The molecule has 0 aliphatic heterocycles. The van der Waals surface area contributed by atoms with Gasteiger partial charge in [0.25, 0.3) is 0 Å². The maximum atomic E-state index is 9.45. The molecule has 3 heteroatoms. The second-order valence-electron chi connectivity index (χ2n) is 4.67. The standard InChI is InChI=1S/C17H20O3/c1-3-12-19-15-8-10-17(11-9-15)20-16-6-4-14(5-7-16)13(2)18/h4-11,13,18H,3,12H2,1-2H3/t13-/m1/s1. The van der Waals surface area contributed by atoms with E-state index in [-0.39, 0.29) is 0 Å². The van der Waals surface area contributed by atoms with Crippen LogP contribution < -0.4 is 9.47 Å². The highest BCUT2D eigenvalue weighted by atomic mass is 16.5. The Kier molecular flexibility index (Phi) is 5.02. The summed E-state index contributed by atoms with van der Waals surface area (Å²) in [6.07, 6.45) is 0.535. The Balaban J connectivity index is 1.98. The van der Waals surface area contributed by atoms with Crippen LogP contribution in [0.15, 0.2) is 48.5 Å². The minimum atomic E-state index is -0.459. The number of aliphatic hydroxyl groups is 1. The number of ether oxygens (including phenoxy) is 2. The lowest BCUT2D eigenvalue weighted by Gasteiger charge is -2.09. The molecule has 0 heterocycles. The van der Waals surface area contributed by atoms with Crippen LogP contribution in [0, 0.1) is 0 Å². The minimum absolute atomic E-state index is 0.459. The van der Waals surface area contributed by atoms with Crippen molar-refractivity contribution >= 4 is 0 Å². The average molecular weight is 272 g/mol. The Morgan fingerprint density at radius 1 is 0.900 bits per heavy atom. The van der Waals surface area contributed by atoms with Crippen LogP contribution in [-0.4, -0.2) is 11.7 Å². The number of aliphatic hydroxyl groups excluding tert-OH is 1. The normalized spacial score (nSPS) is 11.9. The molecule has 0 radical (unpaired) electrons. The van der Waals surface area contributed by atoms with E-state index in [0.717, 1.165) is 35.8 Å². The van der Waals surface area contributed by atoms with Gasteiger partial charge in [0.05, 0.1) is 12.7 Å². The van der Waals surface area contributed by atoms with Crippen LogP contribution in [0.1, 0.15) is 31.9 Å². The minimum Gasteiger partial charge on any atom is -0.494 e. The first-order chi connectivity index (χ1) is 9.69. The van der Waals surface area contributed by atoms with Crippen molar-refractivity contribution in [1.29, 1.82) is 0 Å². The van der Waals surface area contributed by atoms with Gasteiger partial charge >= 0.3 is 0 Å². The van der Waals surface area contributed by atoms with Crippen molar-refractivity contribution < 1.29 is 14.6 Å². The lowest BCUT2D eigenvalue weighted by molar-refractivity contribution is 0.199. The molecule has 2 aromatic carbocycles. The number of benzene rings is 2. The molecule has 20 heavy (non-hydrogen) atoms. The van der Waals surface area contributed by atoms with E-state index in [1.54, 1.807) is 6.92 Å². The van der Waals surface area contributed by atoms with Crippen molar-refractivity contribution in [3.8, 4) is 17.2 Å². The van der Waals surface area contributed by atoms with Crippen molar-refractivity contribution in [2.75, 3.05) is 6.61 Å². The largest absolute Gasteiger partial charge is 0.494 e. The Hall–Kier alpha value is -2.00. The van der Waals surface area contributed by atoms with Gasteiger partial charge in [-0.05, 0) is 55.3 Å². The van der Waals surface area contributed by atoms with Crippen LogP contribution in [0.4, 0.5) is 0 Å². The maximum absolute atomic E-state index is 9.45. The highest BCUT2D eigenvalue weighted by Gasteiger charge is 2.02. The highest BCUT2D eigenvalue weighted by molar-refractivity contribution is 5.36. The zero-order chi connectivity index (χ0) is 14.4. The zero-order valence-corrected chi connectivity index (χ0v) is 11.9. The number of rotatable bonds is 6. The van der Waals surface area contributed by atoms with Crippen LogP contribution in [0.5, 0.6) is 17.2 Å². The molecule has 3 nitrogen and oxygen atoms in total. The van der Waals surface area contributed by atoms with E-state index in [4.69, 9.17) is 9.47 Å². The fourth-order valence-electron chi connectivity index (χ4n) is 1.77. The molecule has 0 amide bonds. The van der Waals surface area contributed by atoms with Crippen molar-refractivity contribution in [3.63, 3.8) is 0 Å². The summed E-state index contributed by atoms with van der Waals surface area (Å²) in [5, 5.41) is 9.45. The summed E-state index contributed by atoms with van der Waals surface area (Å²) in [6.45, 7) is 4.54. The third-order valence-corrected chi connectivity index (χ3v) is 2.89. The molecule has 0 saturated heterocycles. The fourth-order valence-corrected chi connectivity index (χ4v) is 1.77. The molecule has 0 fully saturated rings. The molecule has 2 aromatic rings. The van der Waals surface area contributed by atoms with Crippen LogP contribution in [0.3, 0.4) is 0 Å². The molecule has 2 rings (SSSR count). The van der Waals surface area contributed by atoms with Gasteiger partial charge < -0.3 is 14.6 Å². The molecule has 0 aromatic heterocycles. The number of hydrogen-bond acceptors (Lipinski definition) is 3. The number of hydrogen-bond donors (Lipinski definition) is 1. The summed E-state index contributed by atoms with van der Waals surface area (Å²) in [5.41, 5.74) is 0.876. The van der Waals surface area contributed by atoms with E-state index in [2.05, 4.69) is 6.92 Å². The predicted octanol–water partition coefficient (Wildman–Crippen LogP) is 4.32. The van der Waals surface area contributed by atoms with Crippen molar-refractivity contribution in [2.45, 2.75) is 26.4 Å². The summed E-state index contributed by atoms with van der Waals surface area (Å²) in [6, 6.07) is 15.0. The van der Waals surface area contributed by atoms with Gasteiger partial charge in [0.15, 0.2) is 0 Å². The second-order valence-corrected chi connectivity index (χ2v) is 4.67. The monoisotopic (exact) mass is 272 g/mol. The van der Waals surface area contributed by atoms with E-state index < -0.39 is 6.10 Å². The van der Waals surface area contributed by atoms with Crippen LogP contribution in [0.2, 0.25) is 0 Å². The van der Waals surface area contributed by atoms with Gasteiger partial charge in [0.1, 0.15) is 17.2 Å². The van der Waals surface area contributed by atoms with E-state index >= 15 is 0 Å². The van der Waals surface area contributed by atoms with Crippen LogP contribution in [-0.2, 0) is 0 Å². The van der Waals surface area contributed by atoms with Crippen LogP contribution in [0.25, 0.3) is 0 Å². The first kappa shape index (κ1) is 14.4. The second kappa shape index (κ2) is 6.96. The molecule has 0 spiro atoms. The topological polar surface area (TPSA) is 38.7 Å². The molecule has 0 saturated carbocycles. The molecule has 0 aliphatic rings.